The first-order chi connectivity index (χ1) is 12.1. The second kappa shape index (κ2) is 10.3. The second-order valence-corrected chi connectivity index (χ2v) is 8.14. The van der Waals surface area contributed by atoms with Crippen LogP contribution in [0.2, 0.25) is 0 Å². The molecule has 0 bridgehead atoms. The number of alkyl halides is 1. The number of ether oxygens (including phenoxy) is 3. The van der Waals surface area contributed by atoms with Crippen LogP contribution in [0, 0.1) is 0 Å². The number of rotatable bonds is 3. The van der Waals surface area contributed by atoms with Crippen molar-refractivity contribution in [1.29, 1.82) is 0 Å². The van der Waals surface area contributed by atoms with E-state index in [-0.39, 0.29) is 0 Å². The summed E-state index contributed by atoms with van der Waals surface area (Å²) in [6, 6.07) is 4.89. The summed E-state index contributed by atoms with van der Waals surface area (Å²) in [5.41, 5.74) is 4.87. The largest absolute Gasteiger partial charge is 0.456 e. The highest BCUT2D eigenvalue weighted by Gasteiger charge is 2.21. The number of primary amides is 1. The maximum atomic E-state index is 12.1. The van der Waals surface area contributed by atoms with E-state index in [1.807, 2.05) is 0 Å². The van der Waals surface area contributed by atoms with E-state index in [2.05, 4.69) is 20.7 Å². The fourth-order valence-electron chi connectivity index (χ4n) is 1.73. The van der Waals surface area contributed by atoms with E-state index >= 15 is 0 Å². The number of amides is 1. The Balaban J connectivity index is 0.000000713. The van der Waals surface area contributed by atoms with Crippen molar-refractivity contribution in [3.63, 3.8) is 0 Å². The molecule has 1 aromatic rings. The third-order valence-corrected chi connectivity index (χ3v) is 3.12. The summed E-state index contributed by atoms with van der Waals surface area (Å²) < 4.78 is 14.9. The van der Waals surface area contributed by atoms with Crippen LogP contribution in [0.3, 0.4) is 0 Å². The standard InChI is InChI=1S/C14H17BrO4.C5H11NO2/c1-9(16)18-11-6-5-10(8-15)12(7-11)13(17)19-14(2,3)4;1-5(2,3)8-4(6)7/h5-7H,8H2,1-4H3;1-3H3,(H2,6,7). The summed E-state index contributed by atoms with van der Waals surface area (Å²) >= 11 is 3.32. The van der Waals surface area contributed by atoms with Crippen LogP contribution >= 0.6 is 15.9 Å². The van der Waals surface area contributed by atoms with Crippen molar-refractivity contribution < 1.29 is 28.6 Å². The molecule has 0 saturated carbocycles. The Morgan fingerprint density at radius 1 is 1.00 bits per heavy atom. The van der Waals surface area contributed by atoms with Crippen molar-refractivity contribution in [3.05, 3.63) is 29.3 Å². The lowest BCUT2D eigenvalue weighted by Crippen LogP contribution is -2.27. The topological polar surface area (TPSA) is 105 Å². The lowest BCUT2D eigenvalue weighted by molar-refractivity contribution is -0.131. The van der Waals surface area contributed by atoms with Gasteiger partial charge in [-0.25, -0.2) is 9.59 Å². The van der Waals surface area contributed by atoms with E-state index < -0.39 is 29.2 Å². The monoisotopic (exact) mass is 445 g/mol. The van der Waals surface area contributed by atoms with Gasteiger partial charge in [-0.3, -0.25) is 4.79 Å². The maximum Gasteiger partial charge on any atom is 0.405 e. The minimum Gasteiger partial charge on any atom is -0.456 e. The Labute approximate surface area is 168 Å². The number of carbonyl (C=O) groups is 3. The molecule has 1 amide bonds. The van der Waals surface area contributed by atoms with E-state index in [1.54, 1.807) is 53.7 Å². The van der Waals surface area contributed by atoms with Crippen molar-refractivity contribution in [1.82, 2.24) is 0 Å². The van der Waals surface area contributed by atoms with Crippen LogP contribution in [0.4, 0.5) is 4.79 Å². The van der Waals surface area contributed by atoms with Gasteiger partial charge in [0.05, 0.1) is 5.56 Å². The van der Waals surface area contributed by atoms with E-state index in [9.17, 15) is 14.4 Å². The molecule has 0 atom stereocenters. The molecule has 0 aliphatic carbocycles. The molecular formula is C19H28BrNO6. The smallest absolute Gasteiger partial charge is 0.405 e. The molecule has 0 heterocycles. The first-order valence-electron chi connectivity index (χ1n) is 8.23. The SMILES string of the molecule is CC(=O)Oc1ccc(CBr)c(C(=O)OC(C)(C)C)c1.CC(C)(C)OC(N)=O. The number of carbonyl (C=O) groups excluding carboxylic acids is 3. The van der Waals surface area contributed by atoms with Crippen molar-refractivity contribution in [2.45, 2.75) is 65.0 Å². The lowest BCUT2D eigenvalue weighted by atomic mass is 10.1. The van der Waals surface area contributed by atoms with Gasteiger partial charge in [-0.2, -0.15) is 0 Å². The second-order valence-electron chi connectivity index (χ2n) is 7.58. The molecule has 0 aliphatic rings. The van der Waals surface area contributed by atoms with Crippen molar-refractivity contribution in [3.8, 4) is 5.75 Å². The Morgan fingerprint density at radius 2 is 1.52 bits per heavy atom. The van der Waals surface area contributed by atoms with E-state index in [4.69, 9.17) is 15.2 Å². The highest BCUT2D eigenvalue weighted by Crippen LogP contribution is 2.23. The van der Waals surface area contributed by atoms with Gasteiger partial charge >= 0.3 is 18.0 Å². The summed E-state index contributed by atoms with van der Waals surface area (Å²) in [5.74, 6) is -0.532. The molecule has 0 saturated heterocycles. The lowest BCUT2D eigenvalue weighted by Gasteiger charge is -2.20. The summed E-state index contributed by atoms with van der Waals surface area (Å²) in [5, 5.41) is 0.516. The number of halogens is 1. The fraction of sp³-hybridized carbons (Fsp3) is 0.526. The minimum absolute atomic E-state index is 0.332. The van der Waals surface area contributed by atoms with E-state index in [0.717, 1.165) is 5.56 Å². The minimum atomic E-state index is -0.725. The first-order valence-corrected chi connectivity index (χ1v) is 9.36. The van der Waals surface area contributed by atoms with Gasteiger partial charge in [0.1, 0.15) is 17.0 Å². The molecule has 2 N–H and O–H groups in total. The van der Waals surface area contributed by atoms with E-state index in [1.165, 1.54) is 13.0 Å². The van der Waals surface area contributed by atoms with Crippen LogP contribution in [0.1, 0.15) is 64.4 Å². The van der Waals surface area contributed by atoms with Crippen LogP contribution in [0.15, 0.2) is 18.2 Å². The zero-order valence-electron chi connectivity index (χ0n) is 16.8. The van der Waals surface area contributed by atoms with Gasteiger partial charge in [0.25, 0.3) is 0 Å². The van der Waals surface area contributed by atoms with Gasteiger partial charge in [-0.1, -0.05) is 22.0 Å². The zero-order valence-corrected chi connectivity index (χ0v) is 18.4. The molecule has 7 nitrogen and oxygen atoms in total. The Bertz CT molecular complexity index is 674. The molecule has 0 fully saturated rings. The third-order valence-electron chi connectivity index (χ3n) is 2.51. The predicted molar refractivity (Wildman–Crippen MR) is 106 cm³/mol. The molecule has 1 rings (SSSR count). The normalized spacial score (nSPS) is 11.0. The number of esters is 2. The highest BCUT2D eigenvalue weighted by molar-refractivity contribution is 9.08. The molecule has 27 heavy (non-hydrogen) atoms. The molecule has 0 unspecified atom stereocenters. The fourth-order valence-corrected chi connectivity index (χ4v) is 2.22. The number of nitrogens with two attached hydrogens (primary N) is 1. The summed E-state index contributed by atoms with van der Waals surface area (Å²) in [6.45, 7) is 12.0. The summed E-state index contributed by atoms with van der Waals surface area (Å²) in [4.78, 5) is 33.0. The van der Waals surface area contributed by atoms with Crippen molar-refractivity contribution in [2.75, 3.05) is 0 Å². The predicted octanol–water partition coefficient (Wildman–Crippen LogP) is 4.34. The maximum absolute atomic E-state index is 12.1. The molecule has 8 heteroatoms. The van der Waals surface area contributed by atoms with Gasteiger partial charge < -0.3 is 19.9 Å². The first kappa shape index (κ1) is 24.9. The molecule has 1 aromatic carbocycles. The molecule has 0 radical (unpaired) electrons. The molecule has 0 aromatic heterocycles. The molecular weight excluding hydrogens is 418 g/mol. The van der Waals surface area contributed by atoms with Gasteiger partial charge in [0.2, 0.25) is 0 Å². The average Bonchev–Trinajstić information content (AvgIpc) is 2.42. The highest BCUT2D eigenvalue weighted by atomic mass is 79.9. The number of hydrogen-bond acceptors (Lipinski definition) is 6. The zero-order chi connectivity index (χ0) is 21.4. The van der Waals surface area contributed by atoms with Gasteiger partial charge in [-0.15, -0.1) is 0 Å². The molecule has 0 spiro atoms. The van der Waals surface area contributed by atoms with Crippen molar-refractivity contribution in [2.24, 2.45) is 5.73 Å². The van der Waals surface area contributed by atoms with Crippen LogP contribution in [-0.2, 0) is 19.6 Å². The van der Waals surface area contributed by atoms with Crippen LogP contribution in [-0.4, -0.2) is 29.2 Å². The van der Waals surface area contributed by atoms with E-state index in [0.29, 0.717) is 16.6 Å². The molecule has 0 aliphatic heterocycles. The average molecular weight is 446 g/mol. The Kier molecular flexibility index (Phi) is 9.50. The number of benzene rings is 1. The quantitative estimate of drug-likeness (QED) is 0.421. The van der Waals surface area contributed by atoms with Crippen LogP contribution in [0.5, 0.6) is 5.75 Å². The Morgan fingerprint density at radius 3 is 1.85 bits per heavy atom. The van der Waals surface area contributed by atoms with Crippen LogP contribution in [0.25, 0.3) is 0 Å². The Hall–Kier alpha value is -2.09. The van der Waals surface area contributed by atoms with Gasteiger partial charge in [0.15, 0.2) is 0 Å². The van der Waals surface area contributed by atoms with Gasteiger partial charge in [0, 0.05) is 12.3 Å². The summed E-state index contributed by atoms with van der Waals surface area (Å²) in [7, 11) is 0. The third kappa shape index (κ3) is 12.0. The van der Waals surface area contributed by atoms with Crippen LogP contribution < -0.4 is 10.5 Å². The molecule has 152 valence electrons. The van der Waals surface area contributed by atoms with Crippen molar-refractivity contribution >= 4 is 34.0 Å². The number of hydrogen-bond donors (Lipinski definition) is 1. The summed E-state index contributed by atoms with van der Waals surface area (Å²) in [6.07, 6.45) is -0.725. The van der Waals surface area contributed by atoms with Gasteiger partial charge in [-0.05, 0) is 59.2 Å².